The Kier molecular flexibility index (Phi) is 7.32. The van der Waals surface area contributed by atoms with Crippen LogP contribution in [0, 0.1) is 0 Å². The van der Waals surface area contributed by atoms with Gasteiger partial charge in [-0.15, -0.1) is 0 Å². The van der Waals surface area contributed by atoms with Gasteiger partial charge in [-0.25, -0.2) is 4.79 Å². The number of carboxylic acid groups (broad SMARTS) is 1. The van der Waals surface area contributed by atoms with Crippen molar-refractivity contribution in [2.75, 3.05) is 13.1 Å². The summed E-state index contributed by atoms with van der Waals surface area (Å²) in [5.41, 5.74) is 0.385. The first kappa shape index (κ1) is 19.3. The van der Waals surface area contributed by atoms with Crippen molar-refractivity contribution in [3.05, 3.63) is 34.9 Å². The Labute approximate surface area is 141 Å². The summed E-state index contributed by atoms with van der Waals surface area (Å²) in [7, 11) is 0. The van der Waals surface area contributed by atoms with E-state index in [0.29, 0.717) is 18.0 Å². The van der Waals surface area contributed by atoms with Crippen LogP contribution in [0.15, 0.2) is 24.3 Å². The van der Waals surface area contributed by atoms with E-state index in [-0.39, 0.29) is 12.6 Å². The average molecular weight is 343 g/mol. The van der Waals surface area contributed by atoms with Gasteiger partial charge in [-0.2, -0.15) is 0 Å². The maximum Gasteiger partial charge on any atom is 0.407 e. The smallest absolute Gasteiger partial charge is 0.407 e. The lowest BCUT2D eigenvalue weighted by Gasteiger charge is -2.24. The third-order valence-corrected chi connectivity index (χ3v) is 3.04. The van der Waals surface area contributed by atoms with Crippen molar-refractivity contribution in [2.45, 2.75) is 38.8 Å². The van der Waals surface area contributed by atoms with Gasteiger partial charge in [-0.1, -0.05) is 23.7 Å². The fourth-order valence-corrected chi connectivity index (χ4v) is 2.03. The van der Waals surface area contributed by atoms with E-state index >= 15 is 0 Å². The minimum Gasteiger partial charge on any atom is -0.480 e. The fraction of sp³-hybridized carbons (Fsp3) is 0.500. The molecule has 23 heavy (non-hydrogen) atoms. The fourth-order valence-electron chi connectivity index (χ4n) is 1.91. The van der Waals surface area contributed by atoms with Crippen LogP contribution in [0.4, 0.5) is 4.79 Å². The number of carbonyl (C=O) groups excluding carboxylic acids is 1. The highest BCUT2D eigenvalue weighted by atomic mass is 35.5. The van der Waals surface area contributed by atoms with Gasteiger partial charge in [0.1, 0.15) is 5.60 Å². The molecule has 0 aliphatic heterocycles. The molecule has 0 fully saturated rings. The number of carboxylic acids is 1. The number of nitrogens with one attached hydrogen (secondary N) is 2. The second-order valence-electron chi connectivity index (χ2n) is 6.20. The summed E-state index contributed by atoms with van der Waals surface area (Å²) >= 11 is 5.86. The van der Waals surface area contributed by atoms with Crippen molar-refractivity contribution >= 4 is 23.7 Å². The van der Waals surface area contributed by atoms with Crippen molar-refractivity contribution in [1.82, 2.24) is 10.6 Å². The lowest BCUT2D eigenvalue weighted by atomic mass is 10.1. The summed E-state index contributed by atoms with van der Waals surface area (Å²) in [6.45, 7) is 5.48. The van der Waals surface area contributed by atoms with Crippen molar-refractivity contribution in [2.24, 2.45) is 0 Å². The molecule has 7 heteroatoms. The number of benzene rings is 1. The number of carbonyl (C=O) groups is 2. The first-order chi connectivity index (χ1) is 10.7. The molecular formula is C16H23ClN2O4. The number of hydrogen-bond acceptors (Lipinski definition) is 4. The summed E-state index contributed by atoms with van der Waals surface area (Å²) in [6.07, 6.45) is -0.00293. The van der Waals surface area contributed by atoms with Crippen LogP contribution < -0.4 is 10.6 Å². The Balaban J connectivity index is 2.65. The summed E-state index contributed by atoms with van der Waals surface area (Å²) in [4.78, 5) is 22.5. The average Bonchev–Trinajstić information content (AvgIpc) is 2.38. The van der Waals surface area contributed by atoms with Crippen molar-refractivity contribution in [3.63, 3.8) is 0 Å². The molecule has 1 aromatic carbocycles. The van der Waals surface area contributed by atoms with Gasteiger partial charge in [0.05, 0.1) is 6.54 Å². The van der Waals surface area contributed by atoms with E-state index in [1.807, 2.05) is 12.1 Å². The van der Waals surface area contributed by atoms with Gasteiger partial charge < -0.3 is 20.5 Å². The zero-order valence-electron chi connectivity index (χ0n) is 13.6. The van der Waals surface area contributed by atoms with Crippen LogP contribution in [0.3, 0.4) is 0 Å². The number of amides is 1. The Bertz CT molecular complexity index is 526. The van der Waals surface area contributed by atoms with E-state index in [1.54, 1.807) is 32.9 Å². The van der Waals surface area contributed by atoms with Crippen molar-refractivity contribution < 1.29 is 19.4 Å². The first-order valence-corrected chi connectivity index (χ1v) is 7.70. The molecular weight excluding hydrogens is 320 g/mol. The highest BCUT2D eigenvalue weighted by molar-refractivity contribution is 6.30. The molecule has 0 radical (unpaired) electrons. The van der Waals surface area contributed by atoms with Crippen LogP contribution in [0.2, 0.25) is 5.02 Å². The third-order valence-electron chi connectivity index (χ3n) is 2.78. The molecule has 0 bridgehead atoms. The SMILES string of the molecule is CC(C)(C)OC(=O)N[C@H](CNCC(=O)O)Cc1ccc(Cl)cc1. The monoisotopic (exact) mass is 342 g/mol. The largest absolute Gasteiger partial charge is 0.480 e. The summed E-state index contributed by atoms with van der Waals surface area (Å²) in [5, 5.41) is 14.9. The number of ether oxygens (including phenoxy) is 1. The normalized spacial score (nSPS) is 12.5. The minimum atomic E-state index is -0.951. The Morgan fingerprint density at radius 3 is 2.39 bits per heavy atom. The second kappa shape index (κ2) is 8.74. The van der Waals surface area contributed by atoms with E-state index in [2.05, 4.69) is 10.6 Å². The third kappa shape index (κ3) is 9.05. The molecule has 0 spiro atoms. The molecule has 1 aromatic rings. The minimum absolute atomic E-state index is 0.173. The molecule has 0 aliphatic rings. The number of rotatable bonds is 7. The Morgan fingerprint density at radius 2 is 1.87 bits per heavy atom. The van der Waals surface area contributed by atoms with E-state index in [0.717, 1.165) is 5.56 Å². The van der Waals surface area contributed by atoms with Gasteiger partial charge in [0.2, 0.25) is 0 Å². The first-order valence-electron chi connectivity index (χ1n) is 7.32. The Hall–Kier alpha value is -1.79. The molecule has 1 rings (SSSR count). The zero-order chi connectivity index (χ0) is 17.5. The lowest BCUT2D eigenvalue weighted by molar-refractivity contribution is -0.135. The maximum atomic E-state index is 11.9. The molecule has 0 unspecified atom stereocenters. The lowest BCUT2D eigenvalue weighted by Crippen LogP contribution is -2.46. The molecule has 0 heterocycles. The van der Waals surface area contributed by atoms with Crippen LogP contribution in [0.5, 0.6) is 0 Å². The maximum absolute atomic E-state index is 11.9. The van der Waals surface area contributed by atoms with E-state index in [4.69, 9.17) is 21.4 Å². The molecule has 6 nitrogen and oxygen atoms in total. The van der Waals surface area contributed by atoms with Gasteiger partial charge in [-0.05, 0) is 44.9 Å². The number of halogens is 1. The van der Waals surface area contributed by atoms with Gasteiger partial charge in [0.25, 0.3) is 0 Å². The summed E-state index contributed by atoms with van der Waals surface area (Å²) < 4.78 is 5.24. The predicted octanol–water partition coefficient (Wildman–Crippen LogP) is 2.45. The van der Waals surface area contributed by atoms with Gasteiger partial charge in [0.15, 0.2) is 0 Å². The molecule has 1 atom stereocenters. The highest BCUT2D eigenvalue weighted by Gasteiger charge is 2.20. The molecule has 3 N–H and O–H groups in total. The standard InChI is InChI=1S/C16H23ClN2O4/c1-16(2,3)23-15(22)19-13(9-18-10-14(20)21)8-11-4-6-12(17)7-5-11/h4-7,13,18H,8-10H2,1-3H3,(H,19,22)(H,20,21)/t13-/m0/s1. The summed E-state index contributed by atoms with van der Waals surface area (Å²) in [6, 6.07) is 6.97. The van der Waals surface area contributed by atoms with E-state index in [9.17, 15) is 9.59 Å². The highest BCUT2D eigenvalue weighted by Crippen LogP contribution is 2.12. The van der Waals surface area contributed by atoms with Gasteiger partial charge in [0, 0.05) is 17.6 Å². The number of alkyl carbamates (subject to hydrolysis) is 1. The molecule has 1 amide bonds. The molecule has 128 valence electrons. The molecule has 0 aliphatic carbocycles. The quantitative estimate of drug-likeness (QED) is 0.708. The van der Waals surface area contributed by atoms with Crippen LogP contribution in [0.25, 0.3) is 0 Å². The van der Waals surface area contributed by atoms with E-state index in [1.165, 1.54) is 0 Å². The summed E-state index contributed by atoms with van der Waals surface area (Å²) in [5.74, 6) is -0.951. The second-order valence-corrected chi connectivity index (χ2v) is 6.63. The predicted molar refractivity (Wildman–Crippen MR) is 88.8 cm³/mol. The molecule has 0 aromatic heterocycles. The van der Waals surface area contributed by atoms with Crippen LogP contribution >= 0.6 is 11.6 Å². The van der Waals surface area contributed by atoms with Crippen molar-refractivity contribution in [1.29, 1.82) is 0 Å². The zero-order valence-corrected chi connectivity index (χ0v) is 14.3. The topological polar surface area (TPSA) is 87.7 Å². The van der Waals surface area contributed by atoms with Crippen molar-refractivity contribution in [3.8, 4) is 0 Å². The van der Waals surface area contributed by atoms with Crippen LogP contribution in [0.1, 0.15) is 26.3 Å². The number of hydrogen-bond donors (Lipinski definition) is 3. The van der Waals surface area contributed by atoms with E-state index < -0.39 is 17.7 Å². The Morgan fingerprint density at radius 1 is 1.26 bits per heavy atom. The van der Waals surface area contributed by atoms with Crippen LogP contribution in [-0.4, -0.2) is 41.9 Å². The van der Waals surface area contributed by atoms with Crippen LogP contribution in [-0.2, 0) is 16.0 Å². The number of aliphatic carboxylic acids is 1. The van der Waals surface area contributed by atoms with Gasteiger partial charge in [-0.3, -0.25) is 4.79 Å². The molecule has 0 saturated heterocycles. The van der Waals surface area contributed by atoms with Gasteiger partial charge >= 0.3 is 12.1 Å². The molecule has 0 saturated carbocycles.